The molecule has 11 heteroatoms. The van der Waals surface area contributed by atoms with Gasteiger partial charge in [0.05, 0.1) is 12.8 Å². The highest BCUT2D eigenvalue weighted by atomic mass is 19.4. The summed E-state index contributed by atoms with van der Waals surface area (Å²) in [6, 6.07) is 8.29. The number of fused-ring (bicyclic) bond motifs is 1. The number of ether oxygens (including phenoxy) is 1. The molecule has 0 bridgehead atoms. The van der Waals surface area contributed by atoms with Crippen LogP contribution in [0.15, 0.2) is 36.4 Å². The summed E-state index contributed by atoms with van der Waals surface area (Å²) in [5, 5.41) is 3.79. The van der Waals surface area contributed by atoms with Crippen LogP contribution in [-0.2, 0) is 6.18 Å². The molecule has 1 aliphatic rings. The van der Waals surface area contributed by atoms with Gasteiger partial charge < -0.3 is 9.64 Å². The van der Waals surface area contributed by atoms with Crippen molar-refractivity contribution in [1.29, 1.82) is 0 Å². The summed E-state index contributed by atoms with van der Waals surface area (Å²) in [7, 11) is 1.47. The lowest BCUT2D eigenvalue weighted by atomic mass is 10.1. The summed E-state index contributed by atoms with van der Waals surface area (Å²) in [6.45, 7) is -0.396. The molecule has 3 aromatic rings. The number of carbonyl (C=O) groups excluding carboxylic acids is 1. The summed E-state index contributed by atoms with van der Waals surface area (Å²) in [5.41, 5.74) is -1.10. The van der Waals surface area contributed by atoms with E-state index < -0.39 is 36.5 Å². The molecule has 31 heavy (non-hydrogen) atoms. The highest BCUT2D eigenvalue weighted by molar-refractivity contribution is 5.93. The lowest BCUT2D eigenvalue weighted by Crippen LogP contribution is -2.42. The molecule has 0 radical (unpaired) electrons. The fourth-order valence-corrected chi connectivity index (χ4v) is 3.39. The maximum Gasteiger partial charge on any atom is 0.433 e. The van der Waals surface area contributed by atoms with E-state index in [0.717, 1.165) is 17.0 Å². The van der Waals surface area contributed by atoms with Gasteiger partial charge in [0.2, 0.25) is 0 Å². The number of likely N-dealkylation sites (tertiary alicyclic amines) is 1. The van der Waals surface area contributed by atoms with Crippen molar-refractivity contribution in [2.45, 2.75) is 24.9 Å². The van der Waals surface area contributed by atoms with Gasteiger partial charge in [-0.2, -0.15) is 18.3 Å². The Labute approximate surface area is 173 Å². The minimum Gasteiger partial charge on any atom is -0.497 e. The smallest absolute Gasteiger partial charge is 0.433 e. The molecule has 1 fully saturated rings. The maximum atomic E-state index is 13.7. The fraction of sp³-hybridized carbons (Fsp3) is 0.350. The molecule has 0 spiro atoms. The zero-order valence-electron chi connectivity index (χ0n) is 16.3. The number of amides is 1. The molecule has 2 aromatic heterocycles. The van der Waals surface area contributed by atoms with Gasteiger partial charge in [0, 0.05) is 37.6 Å². The number of hydrogen-bond acceptors (Lipinski definition) is 4. The molecule has 164 valence electrons. The molecule has 1 aliphatic heterocycles. The van der Waals surface area contributed by atoms with E-state index in [1.165, 1.54) is 7.11 Å². The molecule has 4 rings (SSSR count). The summed E-state index contributed by atoms with van der Waals surface area (Å²) >= 11 is 0. The van der Waals surface area contributed by atoms with E-state index in [9.17, 15) is 26.7 Å². The van der Waals surface area contributed by atoms with Gasteiger partial charge in [-0.25, -0.2) is 18.3 Å². The van der Waals surface area contributed by atoms with Crippen molar-refractivity contribution in [3.63, 3.8) is 0 Å². The van der Waals surface area contributed by atoms with E-state index in [1.54, 1.807) is 24.3 Å². The molecule has 3 heterocycles. The number of aromatic nitrogens is 3. The van der Waals surface area contributed by atoms with Crippen LogP contribution < -0.4 is 4.74 Å². The second kappa shape index (κ2) is 7.47. The van der Waals surface area contributed by atoms with E-state index in [-0.39, 0.29) is 30.1 Å². The van der Waals surface area contributed by atoms with Crippen molar-refractivity contribution in [2.75, 3.05) is 20.2 Å². The number of carbonyl (C=O) groups is 1. The molecular formula is C20H17F5N4O2. The second-order valence-corrected chi connectivity index (χ2v) is 7.20. The summed E-state index contributed by atoms with van der Waals surface area (Å²) in [6.07, 6.45) is -5.76. The standard InChI is InChI=1S/C20H17F5N4O2/c1-31-13-4-2-12(3-5-13)14-10-16(20(23,24)25)29-17(26-14)11-15(27-29)18(30)28-8-6-19(21,22)7-9-28/h2-5,10-11H,6-9H2,1H3. The van der Waals surface area contributed by atoms with Gasteiger partial charge in [0.1, 0.15) is 5.75 Å². The van der Waals surface area contributed by atoms with Crippen molar-refractivity contribution < 1.29 is 31.5 Å². The van der Waals surface area contributed by atoms with E-state index in [4.69, 9.17) is 4.74 Å². The van der Waals surface area contributed by atoms with Crippen molar-refractivity contribution in [3.8, 4) is 17.0 Å². The van der Waals surface area contributed by atoms with Crippen molar-refractivity contribution >= 4 is 11.6 Å². The Hall–Kier alpha value is -3.24. The largest absolute Gasteiger partial charge is 0.497 e. The number of halogens is 5. The van der Waals surface area contributed by atoms with Gasteiger partial charge in [0.15, 0.2) is 17.0 Å². The SMILES string of the molecule is COc1ccc(-c2cc(C(F)(F)F)n3nc(C(=O)N4CCC(F)(F)CC4)cc3n2)cc1. The molecule has 0 atom stereocenters. The van der Waals surface area contributed by atoms with Crippen LogP contribution in [0.1, 0.15) is 29.0 Å². The Balaban J connectivity index is 1.74. The number of hydrogen-bond donors (Lipinski definition) is 0. The number of methoxy groups -OCH3 is 1. The third-order valence-corrected chi connectivity index (χ3v) is 5.10. The Morgan fingerprint density at radius 3 is 2.32 bits per heavy atom. The van der Waals surface area contributed by atoms with Gasteiger partial charge in [-0.1, -0.05) is 0 Å². The lowest BCUT2D eigenvalue weighted by molar-refractivity contribution is -0.142. The van der Waals surface area contributed by atoms with Crippen molar-refractivity contribution in [3.05, 3.63) is 47.8 Å². The first-order valence-electron chi connectivity index (χ1n) is 9.37. The van der Waals surface area contributed by atoms with Crippen LogP contribution in [0, 0.1) is 0 Å². The Morgan fingerprint density at radius 1 is 1.10 bits per heavy atom. The molecule has 0 N–H and O–H groups in total. The van der Waals surface area contributed by atoms with Crippen LogP contribution in [0.25, 0.3) is 16.9 Å². The molecule has 1 aromatic carbocycles. The van der Waals surface area contributed by atoms with Gasteiger partial charge in [0.25, 0.3) is 11.8 Å². The Kier molecular flexibility index (Phi) is 5.06. The lowest BCUT2D eigenvalue weighted by Gasteiger charge is -2.31. The van der Waals surface area contributed by atoms with E-state index in [1.807, 2.05) is 0 Å². The first kappa shape index (κ1) is 21.0. The number of alkyl halides is 5. The van der Waals surface area contributed by atoms with Crippen molar-refractivity contribution in [1.82, 2.24) is 19.5 Å². The molecule has 1 saturated heterocycles. The van der Waals surface area contributed by atoms with E-state index >= 15 is 0 Å². The van der Waals surface area contributed by atoms with Crippen LogP contribution in [0.3, 0.4) is 0 Å². The van der Waals surface area contributed by atoms with Gasteiger partial charge in [-0.05, 0) is 30.3 Å². The number of benzene rings is 1. The van der Waals surface area contributed by atoms with Crippen LogP contribution in [0.5, 0.6) is 5.75 Å². The molecule has 0 aliphatic carbocycles. The molecular weight excluding hydrogens is 423 g/mol. The van der Waals surface area contributed by atoms with Crippen LogP contribution in [-0.4, -0.2) is 51.5 Å². The average Bonchev–Trinajstić information content (AvgIpc) is 3.16. The zero-order valence-corrected chi connectivity index (χ0v) is 16.3. The quantitative estimate of drug-likeness (QED) is 0.570. The normalized spacial score (nSPS) is 16.5. The number of nitrogens with zero attached hydrogens (tertiary/aromatic N) is 4. The molecule has 1 amide bonds. The van der Waals surface area contributed by atoms with E-state index in [2.05, 4.69) is 10.1 Å². The van der Waals surface area contributed by atoms with Gasteiger partial charge in [-0.15, -0.1) is 0 Å². The highest BCUT2D eigenvalue weighted by Gasteiger charge is 2.38. The summed E-state index contributed by atoms with van der Waals surface area (Å²) in [4.78, 5) is 18.0. The monoisotopic (exact) mass is 440 g/mol. The van der Waals surface area contributed by atoms with Gasteiger partial charge >= 0.3 is 6.18 Å². The fourth-order valence-electron chi connectivity index (χ4n) is 3.39. The highest BCUT2D eigenvalue weighted by Crippen LogP contribution is 2.33. The molecule has 0 saturated carbocycles. The predicted octanol–water partition coefficient (Wildman–Crippen LogP) is 4.30. The minimum absolute atomic E-state index is 0.0407. The minimum atomic E-state index is -4.76. The van der Waals surface area contributed by atoms with Gasteiger partial charge in [-0.3, -0.25) is 4.79 Å². The number of rotatable bonds is 3. The summed E-state index contributed by atoms with van der Waals surface area (Å²) in [5.74, 6) is -3.03. The predicted molar refractivity (Wildman–Crippen MR) is 100 cm³/mol. The van der Waals surface area contributed by atoms with Crippen LogP contribution >= 0.6 is 0 Å². The van der Waals surface area contributed by atoms with Crippen molar-refractivity contribution in [2.24, 2.45) is 0 Å². The number of piperidine rings is 1. The van der Waals surface area contributed by atoms with E-state index in [0.29, 0.717) is 15.8 Å². The third kappa shape index (κ3) is 4.17. The topological polar surface area (TPSA) is 59.7 Å². The summed E-state index contributed by atoms with van der Waals surface area (Å²) < 4.78 is 73.4. The third-order valence-electron chi connectivity index (χ3n) is 5.10. The average molecular weight is 440 g/mol. The first-order chi connectivity index (χ1) is 14.6. The Morgan fingerprint density at radius 2 is 1.74 bits per heavy atom. The maximum absolute atomic E-state index is 13.7. The Bertz CT molecular complexity index is 1120. The second-order valence-electron chi connectivity index (χ2n) is 7.20. The van der Waals surface area contributed by atoms with Crippen LogP contribution in [0.2, 0.25) is 0 Å². The zero-order chi connectivity index (χ0) is 22.4. The molecule has 0 unspecified atom stereocenters. The molecule has 6 nitrogen and oxygen atoms in total. The first-order valence-corrected chi connectivity index (χ1v) is 9.37. The van der Waals surface area contributed by atoms with Crippen LogP contribution in [0.4, 0.5) is 22.0 Å².